The Hall–Kier alpha value is -1.10. The maximum absolute atomic E-state index is 11.6. The van der Waals surface area contributed by atoms with Crippen molar-refractivity contribution in [3.63, 3.8) is 0 Å². The second-order valence-corrected chi connectivity index (χ2v) is 4.99. The number of carbonyl (C=O) groups is 1. The maximum atomic E-state index is 11.6. The first-order valence-electron chi connectivity index (χ1n) is 6.22. The molecule has 0 amide bonds. The molecule has 5 heteroatoms. The molecule has 5 nitrogen and oxygen atoms in total. The number of ether oxygens (including phenoxy) is 1. The molecule has 17 heavy (non-hydrogen) atoms. The van der Waals surface area contributed by atoms with Gasteiger partial charge in [-0.15, -0.1) is 0 Å². The molecule has 0 aromatic rings. The van der Waals surface area contributed by atoms with Gasteiger partial charge in [-0.05, 0) is 26.2 Å². The molecule has 1 fully saturated rings. The topological polar surface area (TPSA) is 68.1 Å². The molecule has 2 aliphatic rings. The van der Waals surface area contributed by atoms with E-state index in [1.54, 1.807) is 6.92 Å². The molecule has 0 unspecified atom stereocenters. The van der Waals surface area contributed by atoms with Crippen LogP contribution in [0.5, 0.6) is 0 Å². The van der Waals surface area contributed by atoms with Gasteiger partial charge in [-0.2, -0.15) is 0 Å². The summed E-state index contributed by atoms with van der Waals surface area (Å²) in [6, 6.07) is 0. The fourth-order valence-electron chi connectivity index (χ4n) is 2.24. The van der Waals surface area contributed by atoms with E-state index in [-0.39, 0.29) is 5.97 Å². The van der Waals surface area contributed by atoms with Crippen molar-refractivity contribution in [3.05, 3.63) is 0 Å². The van der Waals surface area contributed by atoms with Gasteiger partial charge in [0, 0.05) is 12.8 Å². The minimum absolute atomic E-state index is 0.265. The summed E-state index contributed by atoms with van der Waals surface area (Å²) >= 11 is 0. The number of aliphatic hydroxyl groups excluding tert-OH is 1. The lowest BCUT2D eigenvalue weighted by molar-refractivity contribution is -0.230. The summed E-state index contributed by atoms with van der Waals surface area (Å²) in [6.07, 6.45) is 4.56. The smallest absolute Gasteiger partial charge is 0.306 e. The molecule has 96 valence electrons. The summed E-state index contributed by atoms with van der Waals surface area (Å²) < 4.78 is 5.36. The summed E-state index contributed by atoms with van der Waals surface area (Å²) in [5, 5.41) is 13.6. The number of oxime groups is 1. The second kappa shape index (κ2) is 5.04. The average Bonchev–Trinajstić information content (AvgIpc) is 2.29. The predicted molar refractivity (Wildman–Crippen MR) is 61.3 cm³/mol. The fraction of sp³-hybridized carbons (Fsp3) is 0.833. The molecule has 2 heterocycles. The van der Waals surface area contributed by atoms with Crippen molar-refractivity contribution in [1.29, 1.82) is 0 Å². The first-order chi connectivity index (χ1) is 8.10. The van der Waals surface area contributed by atoms with Crippen molar-refractivity contribution < 1.29 is 19.5 Å². The number of rotatable bonds is 0. The van der Waals surface area contributed by atoms with E-state index in [2.05, 4.69) is 5.16 Å². The lowest BCUT2D eigenvalue weighted by atomic mass is 9.94. The van der Waals surface area contributed by atoms with Crippen LogP contribution >= 0.6 is 0 Å². The van der Waals surface area contributed by atoms with Crippen molar-refractivity contribution in [3.8, 4) is 0 Å². The van der Waals surface area contributed by atoms with Crippen LogP contribution in [-0.4, -0.2) is 28.7 Å². The Bertz CT molecular complexity index is 328. The van der Waals surface area contributed by atoms with Crippen LogP contribution in [0.25, 0.3) is 0 Å². The van der Waals surface area contributed by atoms with Gasteiger partial charge in [-0.25, -0.2) is 0 Å². The van der Waals surface area contributed by atoms with Crippen LogP contribution in [0.15, 0.2) is 5.16 Å². The summed E-state index contributed by atoms with van der Waals surface area (Å²) in [6.45, 7) is 1.70. The molecule has 0 aromatic carbocycles. The van der Waals surface area contributed by atoms with Crippen LogP contribution in [0, 0.1) is 0 Å². The molecule has 2 atom stereocenters. The number of nitrogens with zero attached hydrogens (tertiary/aromatic N) is 1. The Balaban J connectivity index is 2.14. The van der Waals surface area contributed by atoms with Gasteiger partial charge in [0.25, 0.3) is 6.29 Å². The molecule has 2 bridgehead atoms. The predicted octanol–water partition coefficient (Wildman–Crippen LogP) is 1.74. The van der Waals surface area contributed by atoms with E-state index in [4.69, 9.17) is 9.57 Å². The standard InChI is InChI=1S/C12H19NO4/c1-12-8-9(13-17-11(12)15)6-4-2-3-5-7-10(14)16-12/h11,15H,2-8H2,1H3/t11-,12-/m0/s1. The van der Waals surface area contributed by atoms with Gasteiger partial charge >= 0.3 is 5.97 Å². The normalized spacial score (nSPS) is 35.1. The first kappa shape index (κ1) is 12.4. The maximum Gasteiger partial charge on any atom is 0.306 e. The zero-order chi connectivity index (χ0) is 12.3. The van der Waals surface area contributed by atoms with Crippen molar-refractivity contribution in [2.24, 2.45) is 5.16 Å². The lowest BCUT2D eigenvalue weighted by Crippen LogP contribution is -2.48. The van der Waals surface area contributed by atoms with Gasteiger partial charge in [0.1, 0.15) is 0 Å². The molecule has 0 aliphatic carbocycles. The van der Waals surface area contributed by atoms with E-state index in [1.807, 2.05) is 0 Å². The monoisotopic (exact) mass is 241 g/mol. The second-order valence-electron chi connectivity index (χ2n) is 4.99. The largest absolute Gasteiger partial charge is 0.452 e. The zero-order valence-electron chi connectivity index (χ0n) is 10.1. The molecular formula is C12H19NO4. The lowest BCUT2D eigenvalue weighted by Gasteiger charge is -2.35. The molecule has 1 N–H and O–H groups in total. The van der Waals surface area contributed by atoms with Gasteiger partial charge in [-0.3, -0.25) is 4.79 Å². The summed E-state index contributed by atoms with van der Waals surface area (Å²) in [5.74, 6) is -0.265. The van der Waals surface area contributed by atoms with E-state index >= 15 is 0 Å². The number of esters is 1. The van der Waals surface area contributed by atoms with Crippen LogP contribution in [0.2, 0.25) is 0 Å². The molecular weight excluding hydrogens is 222 g/mol. The van der Waals surface area contributed by atoms with Crippen LogP contribution in [0.4, 0.5) is 0 Å². The minimum atomic E-state index is -1.17. The average molecular weight is 241 g/mol. The molecule has 0 saturated carbocycles. The van der Waals surface area contributed by atoms with Crippen molar-refractivity contribution in [2.45, 2.75) is 63.8 Å². The Kier molecular flexibility index (Phi) is 3.66. The van der Waals surface area contributed by atoms with Gasteiger partial charge in [0.05, 0.1) is 5.71 Å². The third kappa shape index (κ3) is 2.97. The highest BCUT2D eigenvalue weighted by Crippen LogP contribution is 2.29. The van der Waals surface area contributed by atoms with Gasteiger partial charge in [-0.1, -0.05) is 18.0 Å². The summed E-state index contributed by atoms with van der Waals surface area (Å²) in [5.41, 5.74) is -0.120. The minimum Gasteiger partial charge on any atom is -0.452 e. The molecule has 0 spiro atoms. The van der Waals surface area contributed by atoms with Gasteiger partial charge in [0.15, 0.2) is 5.60 Å². The number of hydrogen-bond donors (Lipinski definition) is 1. The third-order valence-electron chi connectivity index (χ3n) is 3.30. The van der Waals surface area contributed by atoms with Crippen LogP contribution in [-0.2, 0) is 14.4 Å². The van der Waals surface area contributed by atoms with Crippen LogP contribution < -0.4 is 0 Å². The van der Waals surface area contributed by atoms with Gasteiger partial charge in [0.2, 0.25) is 0 Å². The molecule has 1 saturated heterocycles. The fourth-order valence-corrected chi connectivity index (χ4v) is 2.24. The number of carbonyl (C=O) groups excluding carboxylic acids is 1. The Labute approximate surface area is 101 Å². The number of fused-ring (bicyclic) bond motifs is 2. The third-order valence-corrected chi connectivity index (χ3v) is 3.30. The Morgan fingerprint density at radius 3 is 2.76 bits per heavy atom. The van der Waals surface area contributed by atoms with E-state index in [0.717, 1.165) is 37.8 Å². The van der Waals surface area contributed by atoms with Gasteiger partial charge < -0.3 is 14.7 Å². The quantitative estimate of drug-likeness (QED) is 0.656. The van der Waals surface area contributed by atoms with Crippen molar-refractivity contribution >= 4 is 11.7 Å². The highest BCUT2D eigenvalue weighted by Gasteiger charge is 2.43. The first-order valence-corrected chi connectivity index (χ1v) is 6.22. The van der Waals surface area contributed by atoms with E-state index in [9.17, 15) is 9.90 Å². The summed E-state index contributed by atoms with van der Waals surface area (Å²) in [4.78, 5) is 16.6. The summed E-state index contributed by atoms with van der Waals surface area (Å²) in [7, 11) is 0. The van der Waals surface area contributed by atoms with Crippen LogP contribution in [0.1, 0.15) is 51.9 Å². The molecule has 2 rings (SSSR count). The van der Waals surface area contributed by atoms with Crippen molar-refractivity contribution in [1.82, 2.24) is 0 Å². The Morgan fingerprint density at radius 1 is 1.29 bits per heavy atom. The highest BCUT2D eigenvalue weighted by atomic mass is 16.7. The van der Waals surface area contributed by atoms with E-state index in [0.29, 0.717) is 12.8 Å². The number of hydrogen-bond acceptors (Lipinski definition) is 5. The highest BCUT2D eigenvalue weighted by molar-refractivity contribution is 5.85. The van der Waals surface area contributed by atoms with E-state index < -0.39 is 11.9 Å². The van der Waals surface area contributed by atoms with E-state index in [1.165, 1.54) is 0 Å². The number of aliphatic hydroxyl groups is 1. The Morgan fingerprint density at radius 2 is 2.00 bits per heavy atom. The van der Waals surface area contributed by atoms with Crippen molar-refractivity contribution in [2.75, 3.05) is 0 Å². The molecule has 0 radical (unpaired) electrons. The van der Waals surface area contributed by atoms with Crippen LogP contribution in [0.3, 0.4) is 0 Å². The molecule has 0 aromatic heterocycles. The zero-order valence-corrected chi connectivity index (χ0v) is 10.1. The molecule has 2 aliphatic heterocycles. The SMILES string of the molecule is C[C@]12CC(=NO[C@@H]1O)CCCCCCC(=O)O2.